The number of nitrogens with one attached hydrogen (secondary N) is 1. The normalized spacial score (nSPS) is 16.8. The number of hydrogen-bond acceptors (Lipinski definition) is 1. The van der Waals surface area contributed by atoms with E-state index in [2.05, 4.69) is 53.8 Å². The Balaban J connectivity index is 4.01. The summed E-state index contributed by atoms with van der Waals surface area (Å²) in [5, 5.41) is 3.66. The third-order valence-corrected chi connectivity index (χ3v) is 3.68. The molecule has 0 aromatic carbocycles. The van der Waals surface area contributed by atoms with Crippen LogP contribution in [0.25, 0.3) is 0 Å². The largest absolute Gasteiger partial charge is 0.309 e. The average Bonchev–Trinajstić information content (AvgIpc) is 2.11. The van der Waals surface area contributed by atoms with Gasteiger partial charge in [0.15, 0.2) is 0 Å². The van der Waals surface area contributed by atoms with Crippen LogP contribution < -0.4 is 5.32 Å². The monoisotopic (exact) mass is 213 g/mol. The predicted octanol–water partition coefficient (Wildman–Crippen LogP) is 4.23. The third-order valence-electron chi connectivity index (χ3n) is 3.68. The van der Waals surface area contributed by atoms with Gasteiger partial charge in [-0.3, -0.25) is 0 Å². The lowest BCUT2D eigenvalue weighted by molar-refractivity contribution is 0.227. The van der Waals surface area contributed by atoms with Gasteiger partial charge in [-0.2, -0.15) is 0 Å². The van der Waals surface area contributed by atoms with Crippen molar-refractivity contribution in [2.75, 3.05) is 0 Å². The van der Waals surface area contributed by atoms with Crippen molar-refractivity contribution in [3.8, 4) is 0 Å². The highest BCUT2D eigenvalue weighted by molar-refractivity contribution is 4.85. The van der Waals surface area contributed by atoms with Crippen LogP contribution in [0.4, 0.5) is 0 Å². The topological polar surface area (TPSA) is 12.0 Å². The van der Waals surface area contributed by atoms with Crippen molar-refractivity contribution in [2.24, 2.45) is 11.8 Å². The molecule has 2 unspecified atom stereocenters. The van der Waals surface area contributed by atoms with Crippen LogP contribution >= 0.6 is 0 Å². The average molecular weight is 213 g/mol. The SMILES string of the molecule is CCC(C)CCC(C)C(C)(C)NC(C)C. The first-order chi connectivity index (χ1) is 6.79. The van der Waals surface area contributed by atoms with E-state index in [0.717, 1.165) is 11.8 Å². The highest BCUT2D eigenvalue weighted by atomic mass is 15.0. The molecule has 0 rings (SSSR count). The Morgan fingerprint density at radius 3 is 1.93 bits per heavy atom. The Morgan fingerprint density at radius 2 is 1.53 bits per heavy atom. The van der Waals surface area contributed by atoms with Gasteiger partial charge >= 0.3 is 0 Å². The van der Waals surface area contributed by atoms with Gasteiger partial charge in [0.2, 0.25) is 0 Å². The van der Waals surface area contributed by atoms with Crippen molar-refractivity contribution in [3.05, 3.63) is 0 Å². The summed E-state index contributed by atoms with van der Waals surface area (Å²) in [6, 6.07) is 0.575. The Morgan fingerprint density at radius 1 is 1.00 bits per heavy atom. The fraction of sp³-hybridized carbons (Fsp3) is 1.00. The zero-order chi connectivity index (χ0) is 12.1. The summed E-state index contributed by atoms with van der Waals surface area (Å²) in [6.07, 6.45) is 4.01. The molecule has 0 aliphatic heterocycles. The van der Waals surface area contributed by atoms with Crippen LogP contribution in [0, 0.1) is 11.8 Å². The minimum atomic E-state index is 0.266. The molecule has 0 bridgehead atoms. The van der Waals surface area contributed by atoms with Gasteiger partial charge in [0.05, 0.1) is 0 Å². The molecule has 1 N–H and O–H groups in total. The first-order valence-electron chi connectivity index (χ1n) is 6.57. The first kappa shape index (κ1) is 15.0. The number of hydrogen-bond donors (Lipinski definition) is 1. The summed E-state index contributed by atoms with van der Waals surface area (Å²) in [7, 11) is 0. The molecular weight excluding hydrogens is 182 g/mol. The molecule has 15 heavy (non-hydrogen) atoms. The highest BCUT2D eigenvalue weighted by Crippen LogP contribution is 2.24. The smallest absolute Gasteiger partial charge is 0.0153 e. The zero-order valence-corrected chi connectivity index (χ0v) is 11.9. The van der Waals surface area contributed by atoms with Crippen molar-refractivity contribution in [3.63, 3.8) is 0 Å². The van der Waals surface area contributed by atoms with Gasteiger partial charge in [0, 0.05) is 11.6 Å². The van der Waals surface area contributed by atoms with E-state index in [1.807, 2.05) is 0 Å². The van der Waals surface area contributed by atoms with Gasteiger partial charge in [-0.25, -0.2) is 0 Å². The summed E-state index contributed by atoms with van der Waals surface area (Å²) in [6.45, 7) is 16.1. The van der Waals surface area contributed by atoms with Gasteiger partial charge in [0.1, 0.15) is 0 Å². The van der Waals surface area contributed by atoms with Crippen LogP contribution in [-0.2, 0) is 0 Å². The van der Waals surface area contributed by atoms with E-state index < -0.39 is 0 Å². The maximum atomic E-state index is 3.66. The second-order valence-electron chi connectivity index (χ2n) is 6.01. The van der Waals surface area contributed by atoms with Crippen LogP contribution in [0.15, 0.2) is 0 Å². The molecule has 0 aromatic rings. The number of rotatable bonds is 7. The van der Waals surface area contributed by atoms with Gasteiger partial charge in [0.25, 0.3) is 0 Å². The van der Waals surface area contributed by atoms with Crippen LogP contribution in [0.2, 0.25) is 0 Å². The van der Waals surface area contributed by atoms with Crippen LogP contribution in [0.1, 0.15) is 67.7 Å². The lowest BCUT2D eigenvalue weighted by Gasteiger charge is -2.35. The minimum Gasteiger partial charge on any atom is -0.309 e. The minimum absolute atomic E-state index is 0.266. The molecule has 2 atom stereocenters. The van der Waals surface area contributed by atoms with Gasteiger partial charge in [-0.05, 0) is 32.1 Å². The van der Waals surface area contributed by atoms with E-state index in [4.69, 9.17) is 0 Å². The Labute approximate surface area is 97.0 Å². The molecule has 1 nitrogen and oxygen atoms in total. The van der Waals surface area contributed by atoms with Crippen molar-refractivity contribution in [1.82, 2.24) is 5.32 Å². The summed E-state index contributed by atoms with van der Waals surface area (Å²) >= 11 is 0. The second kappa shape index (κ2) is 6.52. The summed E-state index contributed by atoms with van der Waals surface area (Å²) in [5.74, 6) is 1.62. The Hall–Kier alpha value is -0.0400. The fourth-order valence-corrected chi connectivity index (χ4v) is 1.99. The standard InChI is InChI=1S/C14H31N/c1-8-12(4)9-10-13(5)14(6,7)15-11(2)3/h11-13,15H,8-10H2,1-7H3. The van der Waals surface area contributed by atoms with E-state index in [9.17, 15) is 0 Å². The maximum absolute atomic E-state index is 3.66. The molecule has 0 saturated heterocycles. The lowest BCUT2D eigenvalue weighted by atomic mass is 9.83. The van der Waals surface area contributed by atoms with Crippen molar-refractivity contribution < 1.29 is 0 Å². The molecule has 0 spiro atoms. The molecule has 0 saturated carbocycles. The molecule has 0 fully saturated rings. The zero-order valence-electron chi connectivity index (χ0n) is 11.9. The van der Waals surface area contributed by atoms with Crippen molar-refractivity contribution in [2.45, 2.75) is 79.3 Å². The molecule has 0 aromatic heterocycles. The van der Waals surface area contributed by atoms with Crippen LogP contribution in [-0.4, -0.2) is 11.6 Å². The quantitative estimate of drug-likeness (QED) is 0.667. The van der Waals surface area contributed by atoms with Gasteiger partial charge in [-0.1, -0.05) is 47.5 Å². The predicted molar refractivity (Wildman–Crippen MR) is 70.2 cm³/mol. The highest BCUT2D eigenvalue weighted by Gasteiger charge is 2.25. The molecule has 1 heteroatoms. The molecule has 0 amide bonds. The summed E-state index contributed by atoms with van der Waals surface area (Å²) in [4.78, 5) is 0. The summed E-state index contributed by atoms with van der Waals surface area (Å²) in [5.41, 5.74) is 0.266. The molecule has 0 aliphatic rings. The second-order valence-corrected chi connectivity index (χ2v) is 6.01. The Kier molecular flexibility index (Phi) is 6.51. The van der Waals surface area contributed by atoms with Gasteiger partial charge in [-0.15, -0.1) is 0 Å². The molecule has 0 aliphatic carbocycles. The van der Waals surface area contributed by atoms with E-state index in [0.29, 0.717) is 6.04 Å². The van der Waals surface area contributed by atoms with E-state index in [-0.39, 0.29) is 5.54 Å². The van der Waals surface area contributed by atoms with Crippen LogP contribution in [0.5, 0.6) is 0 Å². The van der Waals surface area contributed by atoms with Gasteiger partial charge < -0.3 is 5.32 Å². The third kappa shape index (κ3) is 6.19. The molecule has 92 valence electrons. The Bertz CT molecular complexity index is 161. The first-order valence-corrected chi connectivity index (χ1v) is 6.57. The van der Waals surface area contributed by atoms with Crippen molar-refractivity contribution in [1.29, 1.82) is 0 Å². The van der Waals surface area contributed by atoms with E-state index in [1.54, 1.807) is 0 Å². The molecule has 0 heterocycles. The van der Waals surface area contributed by atoms with E-state index in [1.165, 1.54) is 19.3 Å². The van der Waals surface area contributed by atoms with Crippen molar-refractivity contribution >= 4 is 0 Å². The molecule has 0 radical (unpaired) electrons. The lowest BCUT2D eigenvalue weighted by Crippen LogP contribution is -2.48. The van der Waals surface area contributed by atoms with Crippen LogP contribution in [0.3, 0.4) is 0 Å². The molecular formula is C14H31N. The van der Waals surface area contributed by atoms with E-state index >= 15 is 0 Å². The summed E-state index contributed by atoms with van der Waals surface area (Å²) < 4.78 is 0. The maximum Gasteiger partial charge on any atom is 0.0153 e. The fourth-order valence-electron chi connectivity index (χ4n) is 1.99.